The van der Waals surface area contributed by atoms with Crippen LogP contribution in [0.15, 0.2) is 12.1 Å². The van der Waals surface area contributed by atoms with E-state index < -0.39 is 5.60 Å². The van der Waals surface area contributed by atoms with E-state index in [9.17, 15) is 10.2 Å². The molecule has 1 saturated carbocycles. The number of phenolic OH excluding ortho intramolecular Hbond substituents is 1. The first-order valence-electron chi connectivity index (χ1n) is 4.67. The van der Waals surface area contributed by atoms with Crippen molar-refractivity contribution >= 4 is 0 Å². The van der Waals surface area contributed by atoms with Crippen LogP contribution in [0.5, 0.6) is 11.5 Å². The maximum atomic E-state index is 9.94. The Labute approximate surface area is 83.0 Å². The molecule has 1 aromatic carbocycles. The summed E-state index contributed by atoms with van der Waals surface area (Å²) in [5.41, 5.74) is 0.689. The minimum Gasteiger partial charge on any atom is -0.508 e. The Morgan fingerprint density at radius 2 is 2.00 bits per heavy atom. The van der Waals surface area contributed by atoms with Crippen molar-refractivity contribution in [2.24, 2.45) is 0 Å². The number of hydrogen-bond acceptors (Lipinski definition) is 3. The number of rotatable bonds is 2. The van der Waals surface area contributed by atoms with Gasteiger partial charge < -0.3 is 14.9 Å². The van der Waals surface area contributed by atoms with Gasteiger partial charge in [0.1, 0.15) is 11.5 Å². The lowest BCUT2D eigenvalue weighted by atomic mass is 10.0. The summed E-state index contributed by atoms with van der Waals surface area (Å²) in [6, 6.07) is 3.35. The van der Waals surface area contributed by atoms with Crippen LogP contribution in [0.4, 0.5) is 0 Å². The Bertz CT molecular complexity index is 367. The quantitative estimate of drug-likeness (QED) is 0.753. The molecule has 0 unspecified atom stereocenters. The first-order valence-corrected chi connectivity index (χ1v) is 4.67. The lowest BCUT2D eigenvalue weighted by molar-refractivity contribution is 0.147. The molecule has 0 atom stereocenters. The van der Waals surface area contributed by atoms with Crippen molar-refractivity contribution in [3.8, 4) is 11.5 Å². The normalized spacial score (nSPS) is 17.9. The summed E-state index contributed by atoms with van der Waals surface area (Å²) in [5.74, 6) is 0.862. The standard InChI is InChI=1S/C11H14O3/c1-7-5-10(14-2)8(6-9(7)12)11(13)3-4-11/h5-6,12-13H,3-4H2,1-2H3. The molecule has 1 aromatic rings. The van der Waals surface area contributed by atoms with Gasteiger partial charge in [-0.2, -0.15) is 0 Å². The van der Waals surface area contributed by atoms with Crippen molar-refractivity contribution in [3.63, 3.8) is 0 Å². The summed E-state index contributed by atoms with van der Waals surface area (Å²) in [5, 5.41) is 19.5. The molecule has 0 bridgehead atoms. The maximum absolute atomic E-state index is 9.94. The Kier molecular flexibility index (Phi) is 1.93. The van der Waals surface area contributed by atoms with Gasteiger partial charge in [0.15, 0.2) is 0 Å². The second-order valence-electron chi connectivity index (χ2n) is 3.87. The fraction of sp³-hybridized carbons (Fsp3) is 0.455. The van der Waals surface area contributed by atoms with Gasteiger partial charge in [0.05, 0.1) is 12.7 Å². The van der Waals surface area contributed by atoms with Crippen LogP contribution in [-0.2, 0) is 5.60 Å². The summed E-state index contributed by atoms with van der Waals surface area (Å²) in [4.78, 5) is 0. The van der Waals surface area contributed by atoms with E-state index in [1.807, 2.05) is 0 Å². The van der Waals surface area contributed by atoms with Crippen LogP contribution in [0, 0.1) is 6.92 Å². The van der Waals surface area contributed by atoms with Crippen molar-refractivity contribution in [2.75, 3.05) is 7.11 Å². The van der Waals surface area contributed by atoms with E-state index in [-0.39, 0.29) is 5.75 Å². The van der Waals surface area contributed by atoms with E-state index in [0.717, 1.165) is 18.4 Å². The molecular formula is C11H14O3. The second kappa shape index (κ2) is 2.89. The number of hydrogen-bond donors (Lipinski definition) is 2. The smallest absolute Gasteiger partial charge is 0.125 e. The number of aliphatic hydroxyl groups is 1. The van der Waals surface area contributed by atoms with Crippen molar-refractivity contribution in [1.29, 1.82) is 0 Å². The van der Waals surface area contributed by atoms with Crippen molar-refractivity contribution < 1.29 is 14.9 Å². The number of aryl methyl sites for hydroxylation is 1. The van der Waals surface area contributed by atoms with Crippen molar-refractivity contribution in [1.82, 2.24) is 0 Å². The highest BCUT2D eigenvalue weighted by Gasteiger charge is 2.44. The molecule has 3 nitrogen and oxygen atoms in total. The molecular weight excluding hydrogens is 180 g/mol. The zero-order chi connectivity index (χ0) is 10.3. The van der Waals surface area contributed by atoms with Crippen molar-refractivity contribution in [3.05, 3.63) is 23.3 Å². The lowest BCUT2D eigenvalue weighted by Gasteiger charge is -2.14. The van der Waals surface area contributed by atoms with Crippen LogP contribution in [0.25, 0.3) is 0 Å². The topological polar surface area (TPSA) is 49.7 Å². The molecule has 1 aliphatic carbocycles. The lowest BCUT2D eigenvalue weighted by Crippen LogP contribution is -2.06. The second-order valence-corrected chi connectivity index (χ2v) is 3.87. The Hall–Kier alpha value is -1.22. The molecule has 0 saturated heterocycles. The van der Waals surface area contributed by atoms with Crippen LogP contribution in [0.3, 0.4) is 0 Å². The SMILES string of the molecule is COc1cc(C)c(O)cc1C1(O)CC1. The molecule has 0 radical (unpaired) electrons. The van der Waals surface area contributed by atoms with Crippen LogP contribution in [-0.4, -0.2) is 17.3 Å². The van der Waals surface area contributed by atoms with Gasteiger partial charge in [-0.05, 0) is 37.5 Å². The number of methoxy groups -OCH3 is 1. The van der Waals surface area contributed by atoms with Crippen LogP contribution in [0.1, 0.15) is 24.0 Å². The molecule has 14 heavy (non-hydrogen) atoms. The summed E-state index contributed by atoms with van der Waals surface area (Å²) in [6.07, 6.45) is 1.48. The van der Waals surface area contributed by atoms with E-state index in [0.29, 0.717) is 11.3 Å². The van der Waals surface area contributed by atoms with Crippen LogP contribution < -0.4 is 4.74 Å². The predicted octanol–water partition coefficient (Wildman–Crippen LogP) is 1.69. The minimum absolute atomic E-state index is 0.209. The number of aromatic hydroxyl groups is 1. The third kappa shape index (κ3) is 1.34. The zero-order valence-corrected chi connectivity index (χ0v) is 8.37. The monoisotopic (exact) mass is 194 g/mol. The van der Waals surface area contributed by atoms with Crippen molar-refractivity contribution in [2.45, 2.75) is 25.4 Å². The third-order valence-corrected chi connectivity index (χ3v) is 2.74. The largest absolute Gasteiger partial charge is 0.508 e. The summed E-state index contributed by atoms with van der Waals surface area (Å²) >= 11 is 0. The van der Waals surface area contributed by atoms with E-state index in [2.05, 4.69) is 0 Å². The molecule has 2 rings (SSSR count). The number of benzene rings is 1. The molecule has 3 heteroatoms. The van der Waals surface area contributed by atoms with Gasteiger partial charge in [0.2, 0.25) is 0 Å². The first kappa shape index (κ1) is 9.34. The van der Waals surface area contributed by atoms with Crippen LogP contribution in [0.2, 0.25) is 0 Å². The zero-order valence-electron chi connectivity index (χ0n) is 8.37. The van der Waals surface area contributed by atoms with E-state index in [1.165, 1.54) is 0 Å². The molecule has 76 valence electrons. The number of phenols is 1. The summed E-state index contributed by atoms with van der Waals surface area (Å²) in [6.45, 7) is 1.80. The fourth-order valence-electron chi connectivity index (χ4n) is 1.59. The number of ether oxygens (including phenoxy) is 1. The van der Waals surface area contributed by atoms with Gasteiger partial charge >= 0.3 is 0 Å². The van der Waals surface area contributed by atoms with E-state index in [1.54, 1.807) is 26.2 Å². The average molecular weight is 194 g/mol. The van der Waals surface area contributed by atoms with E-state index >= 15 is 0 Å². The maximum Gasteiger partial charge on any atom is 0.125 e. The predicted molar refractivity (Wildman–Crippen MR) is 52.5 cm³/mol. The minimum atomic E-state index is -0.767. The molecule has 0 aromatic heterocycles. The molecule has 0 heterocycles. The van der Waals surface area contributed by atoms with Gasteiger partial charge in [-0.1, -0.05) is 0 Å². The van der Waals surface area contributed by atoms with Gasteiger partial charge in [-0.15, -0.1) is 0 Å². The summed E-state index contributed by atoms with van der Waals surface area (Å²) in [7, 11) is 1.57. The first-order chi connectivity index (χ1) is 6.57. The molecule has 0 spiro atoms. The molecule has 0 amide bonds. The fourth-order valence-corrected chi connectivity index (χ4v) is 1.59. The van der Waals surface area contributed by atoms with E-state index in [4.69, 9.17) is 4.74 Å². The highest BCUT2D eigenvalue weighted by Crippen LogP contribution is 2.50. The highest BCUT2D eigenvalue weighted by molar-refractivity contribution is 5.49. The van der Waals surface area contributed by atoms with Crippen LogP contribution >= 0.6 is 0 Å². The third-order valence-electron chi connectivity index (χ3n) is 2.74. The van der Waals surface area contributed by atoms with Gasteiger partial charge in [0.25, 0.3) is 0 Å². The molecule has 0 aliphatic heterocycles. The highest BCUT2D eigenvalue weighted by atomic mass is 16.5. The summed E-state index contributed by atoms with van der Waals surface area (Å²) < 4.78 is 5.18. The average Bonchev–Trinajstić information content (AvgIpc) is 2.89. The molecule has 1 fully saturated rings. The molecule has 1 aliphatic rings. The molecule has 2 N–H and O–H groups in total. The Morgan fingerprint density at radius 1 is 1.36 bits per heavy atom. The Morgan fingerprint density at radius 3 is 2.50 bits per heavy atom. The van der Waals surface area contributed by atoms with Gasteiger partial charge in [-0.3, -0.25) is 0 Å². The Balaban J connectivity index is 2.52. The van der Waals surface area contributed by atoms with Gasteiger partial charge in [-0.25, -0.2) is 0 Å². The van der Waals surface area contributed by atoms with Gasteiger partial charge in [0, 0.05) is 5.56 Å².